The molecular formula is C7H10N6. The van der Waals surface area contributed by atoms with Crippen LogP contribution in [0.25, 0.3) is 5.82 Å². The summed E-state index contributed by atoms with van der Waals surface area (Å²) >= 11 is 0. The van der Waals surface area contributed by atoms with Crippen LogP contribution in [0.4, 0.5) is 0 Å². The monoisotopic (exact) mass is 178 g/mol. The van der Waals surface area contributed by atoms with Gasteiger partial charge < -0.3 is 10.7 Å². The molecule has 68 valence electrons. The SMILES string of the molecule is Cc1[nH]c(CN)nc1-n1cnnc1. The lowest BCUT2D eigenvalue weighted by Crippen LogP contribution is -1.98. The molecule has 0 bridgehead atoms. The lowest BCUT2D eigenvalue weighted by atomic mass is 10.5. The Balaban J connectivity index is 2.46. The number of nitrogens with zero attached hydrogens (tertiary/aromatic N) is 4. The number of nitrogens with one attached hydrogen (secondary N) is 1. The first-order valence-electron chi connectivity index (χ1n) is 3.92. The first-order chi connectivity index (χ1) is 6.31. The summed E-state index contributed by atoms with van der Waals surface area (Å²) < 4.78 is 1.74. The highest BCUT2D eigenvalue weighted by molar-refractivity contribution is 5.28. The lowest BCUT2D eigenvalue weighted by Gasteiger charge is -1.94. The van der Waals surface area contributed by atoms with E-state index in [0.29, 0.717) is 6.54 Å². The molecule has 6 nitrogen and oxygen atoms in total. The van der Waals surface area contributed by atoms with Crippen molar-refractivity contribution in [2.24, 2.45) is 5.73 Å². The van der Waals surface area contributed by atoms with Gasteiger partial charge in [0.05, 0.1) is 12.2 Å². The third-order valence-electron chi connectivity index (χ3n) is 1.76. The van der Waals surface area contributed by atoms with E-state index in [1.807, 2.05) is 6.92 Å². The van der Waals surface area contributed by atoms with Crippen LogP contribution in [-0.2, 0) is 6.54 Å². The van der Waals surface area contributed by atoms with Gasteiger partial charge in [-0.1, -0.05) is 0 Å². The van der Waals surface area contributed by atoms with Gasteiger partial charge >= 0.3 is 0 Å². The maximum absolute atomic E-state index is 5.45. The molecule has 2 aromatic rings. The molecule has 2 rings (SSSR count). The average Bonchev–Trinajstić information content (AvgIpc) is 2.72. The average molecular weight is 178 g/mol. The van der Waals surface area contributed by atoms with Gasteiger partial charge in [-0.15, -0.1) is 10.2 Å². The van der Waals surface area contributed by atoms with Crippen molar-refractivity contribution in [3.05, 3.63) is 24.2 Å². The Labute approximate surface area is 74.8 Å². The van der Waals surface area contributed by atoms with Crippen LogP contribution in [0, 0.1) is 6.92 Å². The Hall–Kier alpha value is -1.69. The van der Waals surface area contributed by atoms with E-state index in [1.54, 1.807) is 17.2 Å². The molecule has 0 saturated carbocycles. The summed E-state index contributed by atoms with van der Waals surface area (Å²) in [5.74, 6) is 1.56. The van der Waals surface area contributed by atoms with Crippen molar-refractivity contribution in [1.29, 1.82) is 0 Å². The maximum atomic E-state index is 5.45. The molecular weight excluding hydrogens is 168 g/mol. The van der Waals surface area contributed by atoms with Crippen molar-refractivity contribution in [3.63, 3.8) is 0 Å². The van der Waals surface area contributed by atoms with Crippen molar-refractivity contribution in [2.75, 3.05) is 0 Å². The number of rotatable bonds is 2. The molecule has 0 fully saturated rings. The smallest absolute Gasteiger partial charge is 0.160 e. The zero-order chi connectivity index (χ0) is 9.26. The second-order valence-corrected chi connectivity index (χ2v) is 2.71. The highest BCUT2D eigenvalue weighted by Crippen LogP contribution is 2.08. The second kappa shape index (κ2) is 2.98. The third kappa shape index (κ3) is 1.31. The van der Waals surface area contributed by atoms with E-state index in [0.717, 1.165) is 17.3 Å². The highest BCUT2D eigenvalue weighted by Gasteiger charge is 2.06. The molecule has 3 N–H and O–H groups in total. The molecule has 0 aliphatic rings. The number of hydrogen-bond donors (Lipinski definition) is 2. The Morgan fingerprint density at radius 2 is 2.15 bits per heavy atom. The Kier molecular flexibility index (Phi) is 1.82. The van der Waals surface area contributed by atoms with Crippen LogP contribution in [0.1, 0.15) is 11.5 Å². The van der Waals surface area contributed by atoms with E-state index in [2.05, 4.69) is 20.2 Å². The Bertz CT molecular complexity index is 387. The number of imidazole rings is 1. The fourth-order valence-corrected chi connectivity index (χ4v) is 1.17. The fraction of sp³-hybridized carbons (Fsp3) is 0.286. The summed E-state index contributed by atoms with van der Waals surface area (Å²) in [7, 11) is 0. The normalized spacial score (nSPS) is 10.6. The predicted octanol–water partition coefficient (Wildman–Crippen LogP) is -0.242. The van der Waals surface area contributed by atoms with E-state index >= 15 is 0 Å². The summed E-state index contributed by atoms with van der Waals surface area (Å²) in [5.41, 5.74) is 6.41. The molecule has 0 unspecified atom stereocenters. The largest absolute Gasteiger partial charge is 0.343 e. The number of nitrogens with two attached hydrogens (primary N) is 1. The van der Waals surface area contributed by atoms with Crippen LogP contribution in [0.3, 0.4) is 0 Å². The molecule has 0 atom stereocenters. The van der Waals surface area contributed by atoms with Crippen LogP contribution >= 0.6 is 0 Å². The number of hydrogen-bond acceptors (Lipinski definition) is 4. The number of aryl methyl sites for hydroxylation is 1. The molecule has 6 heteroatoms. The quantitative estimate of drug-likeness (QED) is 0.664. The Morgan fingerprint density at radius 1 is 1.46 bits per heavy atom. The Morgan fingerprint density at radius 3 is 2.69 bits per heavy atom. The van der Waals surface area contributed by atoms with E-state index in [-0.39, 0.29) is 0 Å². The van der Waals surface area contributed by atoms with Gasteiger partial charge in [0, 0.05) is 0 Å². The molecule has 0 spiro atoms. The molecule has 0 aliphatic heterocycles. The van der Waals surface area contributed by atoms with E-state index in [1.165, 1.54) is 0 Å². The van der Waals surface area contributed by atoms with E-state index in [4.69, 9.17) is 5.73 Å². The molecule has 0 aliphatic carbocycles. The number of H-pyrrole nitrogens is 1. The summed E-state index contributed by atoms with van der Waals surface area (Å²) in [4.78, 5) is 7.34. The minimum Gasteiger partial charge on any atom is -0.343 e. The van der Waals surface area contributed by atoms with Crippen molar-refractivity contribution >= 4 is 0 Å². The van der Waals surface area contributed by atoms with Crippen LogP contribution in [0.5, 0.6) is 0 Å². The molecule has 2 heterocycles. The van der Waals surface area contributed by atoms with E-state index < -0.39 is 0 Å². The molecule has 0 radical (unpaired) electrons. The van der Waals surface area contributed by atoms with Gasteiger partial charge in [-0.3, -0.25) is 4.57 Å². The van der Waals surface area contributed by atoms with Gasteiger partial charge in [0.2, 0.25) is 0 Å². The minimum absolute atomic E-state index is 0.406. The topological polar surface area (TPSA) is 85.4 Å². The molecule has 0 amide bonds. The molecule has 2 aromatic heterocycles. The van der Waals surface area contributed by atoms with Gasteiger partial charge in [-0.05, 0) is 6.92 Å². The van der Waals surface area contributed by atoms with Gasteiger partial charge in [-0.25, -0.2) is 4.98 Å². The predicted molar refractivity (Wildman–Crippen MR) is 46.1 cm³/mol. The van der Waals surface area contributed by atoms with Crippen LogP contribution in [-0.4, -0.2) is 24.7 Å². The van der Waals surface area contributed by atoms with Crippen LogP contribution < -0.4 is 5.73 Å². The number of aromatic amines is 1. The van der Waals surface area contributed by atoms with Gasteiger partial charge in [0.15, 0.2) is 5.82 Å². The van der Waals surface area contributed by atoms with Gasteiger partial charge in [0.1, 0.15) is 18.5 Å². The zero-order valence-corrected chi connectivity index (χ0v) is 7.23. The molecule has 0 saturated heterocycles. The van der Waals surface area contributed by atoms with Crippen molar-refractivity contribution in [3.8, 4) is 5.82 Å². The standard InChI is InChI=1S/C7H10N6/c1-5-7(12-6(2-8)11-5)13-3-9-10-4-13/h3-4H,2,8H2,1H3,(H,11,12). The summed E-state index contributed by atoms with van der Waals surface area (Å²) in [6, 6.07) is 0. The minimum atomic E-state index is 0.406. The van der Waals surface area contributed by atoms with Crippen molar-refractivity contribution < 1.29 is 0 Å². The fourth-order valence-electron chi connectivity index (χ4n) is 1.17. The molecule has 13 heavy (non-hydrogen) atoms. The highest BCUT2D eigenvalue weighted by atomic mass is 15.3. The summed E-state index contributed by atoms with van der Waals surface area (Å²) in [5, 5.41) is 7.41. The number of aromatic nitrogens is 5. The second-order valence-electron chi connectivity index (χ2n) is 2.71. The first kappa shape index (κ1) is 7.93. The van der Waals surface area contributed by atoms with Crippen LogP contribution in [0.15, 0.2) is 12.7 Å². The van der Waals surface area contributed by atoms with Crippen molar-refractivity contribution in [2.45, 2.75) is 13.5 Å². The molecule has 0 aromatic carbocycles. The van der Waals surface area contributed by atoms with Gasteiger partial charge in [0.25, 0.3) is 0 Å². The first-order valence-corrected chi connectivity index (χ1v) is 3.92. The van der Waals surface area contributed by atoms with Crippen LogP contribution in [0.2, 0.25) is 0 Å². The van der Waals surface area contributed by atoms with Gasteiger partial charge in [-0.2, -0.15) is 0 Å². The summed E-state index contributed by atoms with van der Waals surface area (Å²) in [6.45, 7) is 2.34. The lowest BCUT2D eigenvalue weighted by molar-refractivity contribution is 0.927. The third-order valence-corrected chi connectivity index (χ3v) is 1.76. The zero-order valence-electron chi connectivity index (χ0n) is 7.23. The maximum Gasteiger partial charge on any atom is 0.160 e. The van der Waals surface area contributed by atoms with E-state index in [9.17, 15) is 0 Å². The van der Waals surface area contributed by atoms with Crippen molar-refractivity contribution in [1.82, 2.24) is 24.7 Å². The summed E-state index contributed by atoms with van der Waals surface area (Å²) in [6.07, 6.45) is 3.20.